The van der Waals surface area contributed by atoms with Crippen molar-refractivity contribution in [2.75, 3.05) is 20.8 Å². The van der Waals surface area contributed by atoms with Crippen molar-refractivity contribution < 1.29 is 24.4 Å². The maximum atomic E-state index is 9.75. The molecule has 22 heavy (non-hydrogen) atoms. The summed E-state index contributed by atoms with van der Waals surface area (Å²) in [6, 6.07) is 12.4. The number of aromatic hydroxyl groups is 1. The van der Waals surface area contributed by atoms with E-state index in [1.807, 2.05) is 24.3 Å². The second kappa shape index (κ2) is 7.56. The molecule has 0 aliphatic rings. The van der Waals surface area contributed by atoms with Gasteiger partial charge in [0, 0.05) is 6.42 Å². The minimum Gasteiger partial charge on any atom is -0.504 e. The van der Waals surface area contributed by atoms with Crippen LogP contribution in [-0.4, -0.2) is 37.1 Å². The summed E-state index contributed by atoms with van der Waals surface area (Å²) in [7, 11) is 3.06. The third kappa shape index (κ3) is 3.83. The van der Waals surface area contributed by atoms with Crippen LogP contribution >= 0.6 is 0 Å². The smallest absolute Gasteiger partial charge is 0.203 e. The van der Waals surface area contributed by atoms with Gasteiger partial charge in [0.05, 0.1) is 20.8 Å². The lowest BCUT2D eigenvalue weighted by Crippen LogP contribution is -2.24. The maximum Gasteiger partial charge on any atom is 0.203 e. The predicted molar refractivity (Wildman–Crippen MR) is 82.9 cm³/mol. The molecule has 0 aromatic heterocycles. The topological polar surface area (TPSA) is 68.2 Å². The first-order chi connectivity index (χ1) is 10.7. The number of hydrogen-bond acceptors (Lipinski definition) is 5. The van der Waals surface area contributed by atoms with E-state index in [1.54, 1.807) is 19.2 Å². The summed E-state index contributed by atoms with van der Waals surface area (Å²) in [6.45, 7) is -0.157. The molecule has 0 saturated heterocycles. The molecule has 2 N–H and O–H groups in total. The van der Waals surface area contributed by atoms with Gasteiger partial charge >= 0.3 is 0 Å². The van der Waals surface area contributed by atoms with Gasteiger partial charge in [0.1, 0.15) is 11.9 Å². The van der Waals surface area contributed by atoms with Gasteiger partial charge in [-0.2, -0.15) is 0 Å². The highest BCUT2D eigenvalue weighted by Gasteiger charge is 2.16. The third-order valence-corrected chi connectivity index (χ3v) is 3.26. The van der Waals surface area contributed by atoms with Gasteiger partial charge in [-0.05, 0) is 29.8 Å². The van der Waals surface area contributed by atoms with Gasteiger partial charge in [-0.1, -0.05) is 18.2 Å². The summed E-state index contributed by atoms with van der Waals surface area (Å²) in [5.41, 5.74) is 0.984. The average molecular weight is 304 g/mol. The maximum absolute atomic E-state index is 9.75. The molecule has 1 unspecified atom stereocenters. The number of rotatable bonds is 7. The number of ether oxygens (including phenoxy) is 3. The molecule has 5 heteroatoms. The van der Waals surface area contributed by atoms with Crippen LogP contribution in [0.1, 0.15) is 5.56 Å². The fraction of sp³-hybridized carbons (Fsp3) is 0.294. The third-order valence-electron chi connectivity index (χ3n) is 3.26. The first-order valence-corrected chi connectivity index (χ1v) is 6.94. The Morgan fingerprint density at radius 2 is 1.82 bits per heavy atom. The number of hydrogen-bond donors (Lipinski definition) is 2. The van der Waals surface area contributed by atoms with Gasteiger partial charge in [0.2, 0.25) is 5.75 Å². The van der Waals surface area contributed by atoms with Gasteiger partial charge < -0.3 is 24.4 Å². The Morgan fingerprint density at radius 1 is 1.05 bits per heavy atom. The van der Waals surface area contributed by atoms with E-state index in [0.717, 1.165) is 11.3 Å². The molecule has 2 aromatic carbocycles. The van der Waals surface area contributed by atoms with E-state index >= 15 is 0 Å². The zero-order valence-electron chi connectivity index (χ0n) is 12.7. The standard InChI is InChI=1S/C17H20O5/c1-20-13-6-3-5-12(9-13)10-14(11-18)22-16-8-4-7-15(19)17(16)21-2/h3-9,14,18-19H,10-11H2,1-2H3. The molecule has 0 saturated carbocycles. The first-order valence-electron chi connectivity index (χ1n) is 6.94. The van der Waals surface area contributed by atoms with Crippen molar-refractivity contribution >= 4 is 0 Å². The zero-order chi connectivity index (χ0) is 15.9. The van der Waals surface area contributed by atoms with E-state index in [-0.39, 0.29) is 18.1 Å². The molecule has 0 aliphatic heterocycles. The van der Waals surface area contributed by atoms with Gasteiger partial charge in [-0.15, -0.1) is 0 Å². The van der Waals surface area contributed by atoms with E-state index in [9.17, 15) is 10.2 Å². The minimum atomic E-state index is -0.456. The monoisotopic (exact) mass is 304 g/mol. The molecule has 0 spiro atoms. The highest BCUT2D eigenvalue weighted by molar-refractivity contribution is 5.50. The van der Waals surface area contributed by atoms with Crippen LogP contribution in [0, 0.1) is 0 Å². The van der Waals surface area contributed by atoms with Gasteiger partial charge in [-0.25, -0.2) is 0 Å². The second-order valence-corrected chi connectivity index (χ2v) is 4.79. The van der Waals surface area contributed by atoms with Crippen molar-refractivity contribution in [2.45, 2.75) is 12.5 Å². The SMILES string of the molecule is COc1cccc(CC(CO)Oc2cccc(O)c2OC)c1. The summed E-state index contributed by atoms with van der Waals surface area (Å²) < 4.78 is 16.1. The van der Waals surface area contributed by atoms with E-state index in [4.69, 9.17) is 14.2 Å². The van der Waals surface area contributed by atoms with E-state index in [1.165, 1.54) is 13.2 Å². The normalized spacial score (nSPS) is 11.8. The summed E-state index contributed by atoms with van der Waals surface area (Å²) in [5, 5.41) is 19.3. The highest BCUT2D eigenvalue weighted by Crippen LogP contribution is 2.36. The molecule has 1 atom stereocenters. The molecule has 118 valence electrons. The summed E-state index contributed by atoms with van der Waals surface area (Å²) in [5.74, 6) is 1.40. The van der Waals surface area contributed by atoms with Crippen LogP contribution in [0.5, 0.6) is 23.0 Å². The lowest BCUT2D eigenvalue weighted by Gasteiger charge is -2.19. The van der Waals surface area contributed by atoms with Gasteiger partial charge in [-0.3, -0.25) is 0 Å². The Hall–Kier alpha value is -2.40. The predicted octanol–water partition coefficient (Wildman–Crippen LogP) is 2.39. The molecule has 0 radical (unpaired) electrons. The number of aliphatic hydroxyl groups excluding tert-OH is 1. The van der Waals surface area contributed by atoms with Crippen molar-refractivity contribution in [3.63, 3.8) is 0 Å². The Balaban J connectivity index is 2.14. The number of methoxy groups -OCH3 is 2. The van der Waals surface area contributed by atoms with Crippen LogP contribution in [0.4, 0.5) is 0 Å². The van der Waals surface area contributed by atoms with Gasteiger partial charge in [0.15, 0.2) is 11.5 Å². The molecule has 0 fully saturated rings. The Labute approximate surface area is 129 Å². The van der Waals surface area contributed by atoms with Crippen LogP contribution in [0.2, 0.25) is 0 Å². The fourth-order valence-corrected chi connectivity index (χ4v) is 2.19. The number of phenols is 1. The molecular formula is C17H20O5. The van der Waals surface area contributed by atoms with Crippen LogP contribution in [-0.2, 0) is 6.42 Å². The fourth-order valence-electron chi connectivity index (χ4n) is 2.19. The Bertz CT molecular complexity index is 612. The molecule has 0 amide bonds. The van der Waals surface area contributed by atoms with Gasteiger partial charge in [0.25, 0.3) is 0 Å². The lowest BCUT2D eigenvalue weighted by molar-refractivity contribution is 0.112. The number of aliphatic hydroxyl groups is 1. The largest absolute Gasteiger partial charge is 0.504 e. The first kappa shape index (κ1) is 16.0. The molecular weight excluding hydrogens is 284 g/mol. The van der Waals surface area contributed by atoms with Crippen LogP contribution in [0.25, 0.3) is 0 Å². The molecule has 0 heterocycles. The summed E-state index contributed by atoms with van der Waals surface area (Å²) in [6.07, 6.45) is 0.0507. The minimum absolute atomic E-state index is 0.00179. The zero-order valence-corrected chi connectivity index (χ0v) is 12.7. The quantitative estimate of drug-likeness (QED) is 0.822. The highest BCUT2D eigenvalue weighted by atomic mass is 16.5. The van der Waals surface area contributed by atoms with Crippen molar-refractivity contribution in [2.24, 2.45) is 0 Å². The molecule has 2 aromatic rings. The molecule has 0 aliphatic carbocycles. The van der Waals surface area contributed by atoms with Crippen LogP contribution < -0.4 is 14.2 Å². The summed E-state index contributed by atoms with van der Waals surface area (Å²) in [4.78, 5) is 0. The number of phenolic OH excluding ortho intramolecular Hbond substituents is 1. The van der Waals surface area contributed by atoms with E-state index in [2.05, 4.69) is 0 Å². The molecule has 2 rings (SSSR count). The van der Waals surface area contributed by atoms with Crippen molar-refractivity contribution in [3.05, 3.63) is 48.0 Å². The lowest BCUT2D eigenvalue weighted by atomic mass is 10.1. The van der Waals surface area contributed by atoms with E-state index in [0.29, 0.717) is 12.2 Å². The number of benzene rings is 2. The Morgan fingerprint density at radius 3 is 2.50 bits per heavy atom. The van der Waals surface area contributed by atoms with Crippen molar-refractivity contribution in [3.8, 4) is 23.0 Å². The van der Waals surface area contributed by atoms with Crippen LogP contribution in [0.3, 0.4) is 0 Å². The van der Waals surface area contributed by atoms with Crippen LogP contribution in [0.15, 0.2) is 42.5 Å². The van der Waals surface area contributed by atoms with Crippen molar-refractivity contribution in [1.29, 1.82) is 0 Å². The molecule has 5 nitrogen and oxygen atoms in total. The second-order valence-electron chi connectivity index (χ2n) is 4.79. The molecule has 0 bridgehead atoms. The average Bonchev–Trinajstić information content (AvgIpc) is 2.54. The Kier molecular flexibility index (Phi) is 5.49. The van der Waals surface area contributed by atoms with E-state index < -0.39 is 6.10 Å². The van der Waals surface area contributed by atoms with Crippen molar-refractivity contribution in [1.82, 2.24) is 0 Å². The summed E-state index contributed by atoms with van der Waals surface area (Å²) >= 11 is 0. The number of para-hydroxylation sites is 1.